The van der Waals surface area contributed by atoms with E-state index < -0.39 is 91.8 Å². The van der Waals surface area contributed by atoms with Gasteiger partial charge in [-0.2, -0.15) is 0 Å². The van der Waals surface area contributed by atoms with Gasteiger partial charge in [-0.05, 0) is 13.3 Å². The van der Waals surface area contributed by atoms with E-state index in [9.17, 15) is 39.3 Å². The van der Waals surface area contributed by atoms with Gasteiger partial charge in [0.25, 0.3) is 0 Å². The van der Waals surface area contributed by atoms with E-state index in [4.69, 9.17) is 37.9 Å². The fraction of sp³-hybridized carbons (Fsp3) is 0.821. The summed E-state index contributed by atoms with van der Waals surface area (Å²) in [6, 6.07) is 0. The third kappa shape index (κ3) is 13.3. The van der Waals surface area contributed by atoms with Crippen LogP contribution in [0.15, 0.2) is 0 Å². The molecule has 3 fully saturated rings. The molecule has 20 nitrogen and oxygen atoms in total. The second kappa shape index (κ2) is 19.6. The maximum absolute atomic E-state index is 12.1. The van der Waals surface area contributed by atoms with Crippen LogP contribution >= 0.6 is 0 Å². The molecular weight excluding hydrogens is 656 g/mol. The smallest absolute Gasteiger partial charge is 0.461 e. The minimum atomic E-state index is -1.25. The predicted molar refractivity (Wildman–Crippen MR) is 149 cm³/mol. The van der Waals surface area contributed by atoms with Gasteiger partial charge in [0.15, 0.2) is 12.4 Å². The maximum atomic E-state index is 12.1. The summed E-state index contributed by atoms with van der Waals surface area (Å²) in [6.45, 7) is 0.584. The molecule has 0 amide bonds. The fourth-order valence-electron chi connectivity index (χ4n) is 4.17. The highest BCUT2D eigenvalue weighted by Gasteiger charge is 2.36. The lowest BCUT2D eigenvalue weighted by atomic mass is 9.88. The van der Waals surface area contributed by atoms with Crippen LogP contribution in [0.2, 0.25) is 0 Å². The molecular formula is C28H42O20. The minimum absolute atomic E-state index is 0.0374. The Bertz CT molecular complexity index is 1010. The van der Waals surface area contributed by atoms with Crippen molar-refractivity contribution >= 4 is 30.2 Å². The molecule has 0 aromatic heterocycles. The quantitative estimate of drug-likeness (QED) is 0.0814. The molecule has 0 aliphatic carbocycles. The van der Waals surface area contributed by atoms with Gasteiger partial charge in [-0.1, -0.05) is 6.92 Å². The molecule has 3 saturated heterocycles. The highest BCUT2D eigenvalue weighted by Crippen LogP contribution is 2.25. The lowest BCUT2D eigenvalue weighted by Crippen LogP contribution is -2.40. The largest absolute Gasteiger partial charge is 0.509 e. The normalized spacial score (nSPS) is 25.1. The number of aliphatic hydroxyl groups excluding tert-OH is 3. The zero-order valence-electron chi connectivity index (χ0n) is 26.5. The first-order valence-electron chi connectivity index (χ1n) is 15.1. The van der Waals surface area contributed by atoms with Crippen molar-refractivity contribution in [1.82, 2.24) is 0 Å². The van der Waals surface area contributed by atoms with Gasteiger partial charge in [-0.3, -0.25) is 0 Å². The summed E-state index contributed by atoms with van der Waals surface area (Å²) in [6.07, 6.45) is -9.21. The summed E-state index contributed by atoms with van der Waals surface area (Å²) < 4.78 is 60.7. The van der Waals surface area contributed by atoms with Crippen molar-refractivity contribution in [2.24, 2.45) is 5.41 Å². The molecule has 48 heavy (non-hydrogen) atoms. The first-order valence-corrected chi connectivity index (χ1v) is 15.1. The number of rotatable bonds is 22. The van der Waals surface area contributed by atoms with E-state index in [1.54, 1.807) is 13.8 Å². The molecule has 20 heteroatoms. The average molecular weight is 699 g/mol. The van der Waals surface area contributed by atoms with E-state index in [2.05, 4.69) is 18.9 Å². The maximum Gasteiger partial charge on any atom is 0.509 e. The molecule has 0 aromatic rings. The molecule has 274 valence electrons. The second-order valence-corrected chi connectivity index (χ2v) is 11.1. The molecule has 3 heterocycles. The topological polar surface area (TPSA) is 257 Å². The molecule has 3 aliphatic heterocycles. The van der Waals surface area contributed by atoms with E-state index in [1.807, 2.05) is 0 Å². The molecule has 7 atom stereocenters. The number of esters is 3. The van der Waals surface area contributed by atoms with E-state index >= 15 is 0 Å². The van der Waals surface area contributed by atoms with Crippen molar-refractivity contribution in [1.29, 1.82) is 0 Å². The van der Waals surface area contributed by atoms with E-state index in [0.717, 1.165) is 0 Å². The van der Waals surface area contributed by atoms with E-state index in [-0.39, 0.29) is 66.1 Å². The number of carbonyl (C=O) groups excluding carboxylic acids is 5. The van der Waals surface area contributed by atoms with Crippen molar-refractivity contribution in [2.75, 3.05) is 79.3 Å². The summed E-state index contributed by atoms with van der Waals surface area (Å²) in [4.78, 5) is 58.0. The number of hydrogen-bond acceptors (Lipinski definition) is 20. The lowest BCUT2D eigenvalue weighted by Gasteiger charge is -2.33. The molecule has 3 aliphatic rings. The van der Waals surface area contributed by atoms with Crippen LogP contribution in [-0.2, 0) is 71.2 Å². The Morgan fingerprint density at radius 3 is 1.40 bits per heavy atom. The van der Waals surface area contributed by atoms with Gasteiger partial charge < -0.3 is 72.2 Å². The molecule has 0 spiro atoms. The molecule has 0 aromatic carbocycles. The van der Waals surface area contributed by atoms with Gasteiger partial charge in [0.2, 0.25) is 12.2 Å². The van der Waals surface area contributed by atoms with Crippen LogP contribution in [0.1, 0.15) is 20.3 Å². The van der Waals surface area contributed by atoms with Gasteiger partial charge >= 0.3 is 30.2 Å². The molecule has 7 unspecified atom stereocenters. The number of aliphatic hydroxyl groups is 3. The molecule has 3 N–H and O–H groups in total. The zero-order chi connectivity index (χ0) is 35.1. The van der Waals surface area contributed by atoms with Crippen LogP contribution in [0.25, 0.3) is 0 Å². The summed E-state index contributed by atoms with van der Waals surface area (Å²) in [5.74, 6) is -2.48. The van der Waals surface area contributed by atoms with Gasteiger partial charge in [-0.25, -0.2) is 24.0 Å². The Kier molecular flexibility index (Phi) is 15.9. The summed E-state index contributed by atoms with van der Waals surface area (Å²) >= 11 is 0. The van der Waals surface area contributed by atoms with Crippen molar-refractivity contribution in [2.45, 2.75) is 63.2 Å². The van der Waals surface area contributed by atoms with Crippen molar-refractivity contribution in [3.05, 3.63) is 0 Å². The molecule has 3 rings (SSSR count). The van der Waals surface area contributed by atoms with Crippen LogP contribution in [0.3, 0.4) is 0 Å². The van der Waals surface area contributed by atoms with Crippen LogP contribution in [0, 0.1) is 5.41 Å². The Morgan fingerprint density at radius 1 is 0.688 bits per heavy atom. The Hall–Kier alpha value is -3.37. The third-order valence-electron chi connectivity index (χ3n) is 6.97. The number of carbonyl (C=O) groups is 5. The fourth-order valence-corrected chi connectivity index (χ4v) is 4.17. The predicted octanol–water partition coefficient (Wildman–Crippen LogP) is -2.02. The third-order valence-corrected chi connectivity index (χ3v) is 6.97. The summed E-state index contributed by atoms with van der Waals surface area (Å²) in [5, 5.41) is 30.8. The Morgan fingerprint density at radius 2 is 1.08 bits per heavy atom. The van der Waals surface area contributed by atoms with Gasteiger partial charge in [0.05, 0.1) is 46.2 Å². The van der Waals surface area contributed by atoms with Gasteiger partial charge in [0.1, 0.15) is 51.3 Å². The van der Waals surface area contributed by atoms with Crippen molar-refractivity contribution in [3.63, 3.8) is 0 Å². The standard InChI is InChI=1S/C28H42O20/c1-3-28(13-37-4-17(29)7-41-23(32)20-10-40-16(2)46-20,14-38-5-18(30)8-42-24(33)21-11-44-26(35)47-21)15-39-6-19(31)9-43-25(34)22-12-45-27(36)48-22/h16-22,29-31H,3-15H2,1-2H3. The second-order valence-electron chi connectivity index (χ2n) is 11.1. The Labute approximate surface area is 274 Å². The van der Waals surface area contributed by atoms with Crippen molar-refractivity contribution in [3.8, 4) is 0 Å². The zero-order valence-corrected chi connectivity index (χ0v) is 26.5. The van der Waals surface area contributed by atoms with Crippen LogP contribution in [-0.4, -0.2) is 168 Å². The number of ether oxygens (including phenoxy) is 12. The Balaban J connectivity index is 1.44. The first kappa shape index (κ1) is 39.1. The van der Waals surface area contributed by atoms with E-state index in [1.165, 1.54) is 0 Å². The van der Waals surface area contributed by atoms with Crippen LogP contribution in [0.5, 0.6) is 0 Å². The van der Waals surface area contributed by atoms with E-state index in [0.29, 0.717) is 6.42 Å². The monoisotopic (exact) mass is 698 g/mol. The average Bonchev–Trinajstić information content (AvgIpc) is 3.82. The first-order chi connectivity index (χ1) is 22.9. The highest BCUT2D eigenvalue weighted by atomic mass is 16.8. The highest BCUT2D eigenvalue weighted by molar-refractivity contribution is 5.80. The summed E-state index contributed by atoms with van der Waals surface area (Å²) in [7, 11) is 0. The number of hydrogen-bond donors (Lipinski definition) is 3. The molecule has 0 bridgehead atoms. The van der Waals surface area contributed by atoms with Crippen molar-refractivity contribution < 1.29 is 96.1 Å². The van der Waals surface area contributed by atoms with Gasteiger partial charge in [0, 0.05) is 5.41 Å². The number of cyclic esters (lactones) is 4. The molecule has 0 saturated carbocycles. The SMILES string of the molecule is CCC(COCC(O)COC(=O)C1COC(=O)O1)(COCC(O)COC(=O)C1COC(=O)O1)COCC(O)COC(=O)C1COC(C)O1. The lowest BCUT2D eigenvalue weighted by molar-refractivity contribution is -0.161. The van der Waals surface area contributed by atoms with Crippen LogP contribution in [0.4, 0.5) is 9.59 Å². The van der Waals surface area contributed by atoms with Gasteiger partial charge in [-0.15, -0.1) is 0 Å². The van der Waals surface area contributed by atoms with Crippen LogP contribution < -0.4 is 0 Å². The minimum Gasteiger partial charge on any atom is -0.461 e. The molecule has 0 radical (unpaired) electrons. The summed E-state index contributed by atoms with van der Waals surface area (Å²) in [5.41, 5.74) is -0.904.